The Balaban J connectivity index is 2.06. The average Bonchev–Trinajstić information content (AvgIpc) is 2.36. The smallest absolute Gasteiger partial charge is 0.229 e. The van der Waals surface area contributed by atoms with Crippen LogP contribution >= 0.6 is 11.6 Å². The summed E-state index contributed by atoms with van der Waals surface area (Å²) in [6.07, 6.45) is 0. The summed E-state index contributed by atoms with van der Waals surface area (Å²) in [4.78, 5) is 12.3. The molecule has 0 bridgehead atoms. The van der Waals surface area contributed by atoms with Crippen LogP contribution in [0.2, 0.25) is 5.28 Å². The number of nitrogens with one attached hydrogen (secondary N) is 2. The first kappa shape index (κ1) is 13.5. The first-order valence-electron chi connectivity index (χ1n) is 6.12. The number of benzene rings is 1. The predicted molar refractivity (Wildman–Crippen MR) is 77.5 cm³/mol. The molecule has 0 spiro atoms. The van der Waals surface area contributed by atoms with Gasteiger partial charge in [0.1, 0.15) is 0 Å². The maximum atomic E-state index is 5.85. The zero-order valence-corrected chi connectivity index (χ0v) is 11.7. The molecule has 1 heterocycles. The van der Waals surface area contributed by atoms with Crippen LogP contribution in [0.5, 0.6) is 0 Å². The van der Waals surface area contributed by atoms with Crippen molar-refractivity contribution in [3.05, 3.63) is 40.7 Å². The van der Waals surface area contributed by atoms with E-state index in [9.17, 15) is 0 Å². The Kier molecular flexibility index (Phi) is 4.52. The number of anilines is 2. The second-order valence-corrected chi connectivity index (χ2v) is 4.46. The molecule has 0 atom stereocenters. The lowest BCUT2D eigenvalue weighted by Crippen LogP contribution is -2.09. The van der Waals surface area contributed by atoms with Gasteiger partial charge in [-0.15, -0.1) is 0 Å². The highest BCUT2D eigenvalue weighted by Gasteiger charge is 2.04. The second-order valence-electron chi connectivity index (χ2n) is 4.12. The highest BCUT2D eigenvalue weighted by molar-refractivity contribution is 6.28. The molecule has 2 N–H and O–H groups in total. The summed E-state index contributed by atoms with van der Waals surface area (Å²) in [7, 11) is 0. The Hall–Kier alpha value is -1.88. The molecule has 2 rings (SSSR count). The Morgan fingerprint density at radius 1 is 1.11 bits per heavy atom. The van der Waals surface area contributed by atoms with Gasteiger partial charge >= 0.3 is 0 Å². The minimum Gasteiger partial charge on any atom is -0.354 e. The third-order valence-corrected chi connectivity index (χ3v) is 2.65. The van der Waals surface area contributed by atoms with Gasteiger partial charge < -0.3 is 10.6 Å². The fourth-order valence-electron chi connectivity index (χ4n) is 1.67. The Labute approximate surface area is 117 Å². The van der Waals surface area contributed by atoms with Crippen LogP contribution in [0.4, 0.5) is 11.9 Å². The van der Waals surface area contributed by atoms with Gasteiger partial charge in [-0.05, 0) is 31.0 Å². The van der Waals surface area contributed by atoms with Crippen molar-refractivity contribution in [2.24, 2.45) is 0 Å². The van der Waals surface area contributed by atoms with E-state index in [2.05, 4.69) is 44.6 Å². The van der Waals surface area contributed by atoms with Crippen LogP contribution in [-0.4, -0.2) is 21.5 Å². The Bertz CT molecular complexity index is 558. The van der Waals surface area contributed by atoms with Gasteiger partial charge in [0.05, 0.1) is 0 Å². The van der Waals surface area contributed by atoms with Crippen molar-refractivity contribution in [1.29, 1.82) is 0 Å². The zero-order chi connectivity index (χ0) is 13.7. The van der Waals surface area contributed by atoms with Crippen LogP contribution in [0.1, 0.15) is 18.1 Å². The summed E-state index contributed by atoms with van der Waals surface area (Å²) in [5.74, 6) is 0.951. The van der Waals surface area contributed by atoms with E-state index >= 15 is 0 Å². The fraction of sp³-hybridized carbons (Fsp3) is 0.308. The van der Waals surface area contributed by atoms with Gasteiger partial charge in [0.15, 0.2) is 0 Å². The summed E-state index contributed by atoms with van der Waals surface area (Å²) < 4.78 is 0. The van der Waals surface area contributed by atoms with E-state index in [1.807, 2.05) is 19.1 Å². The molecule has 5 nitrogen and oxygen atoms in total. The number of rotatable bonds is 5. The summed E-state index contributed by atoms with van der Waals surface area (Å²) >= 11 is 5.85. The predicted octanol–water partition coefficient (Wildman–Crippen LogP) is 2.88. The van der Waals surface area contributed by atoms with E-state index in [0.29, 0.717) is 18.4 Å². The molecule has 0 fully saturated rings. The molecule has 0 aliphatic heterocycles. The molecule has 6 heteroatoms. The van der Waals surface area contributed by atoms with Gasteiger partial charge in [0, 0.05) is 13.1 Å². The molecule has 1 aromatic carbocycles. The largest absolute Gasteiger partial charge is 0.354 e. The van der Waals surface area contributed by atoms with E-state index in [0.717, 1.165) is 6.54 Å². The molecule has 19 heavy (non-hydrogen) atoms. The van der Waals surface area contributed by atoms with Crippen molar-refractivity contribution in [3.8, 4) is 0 Å². The van der Waals surface area contributed by atoms with Crippen LogP contribution < -0.4 is 10.6 Å². The van der Waals surface area contributed by atoms with Crippen molar-refractivity contribution < 1.29 is 0 Å². The lowest BCUT2D eigenvalue weighted by atomic mass is 10.1. The van der Waals surface area contributed by atoms with E-state index in [1.165, 1.54) is 11.1 Å². The summed E-state index contributed by atoms with van der Waals surface area (Å²) in [6.45, 7) is 5.41. The van der Waals surface area contributed by atoms with Gasteiger partial charge in [0.25, 0.3) is 0 Å². The lowest BCUT2D eigenvalue weighted by Gasteiger charge is -2.07. The monoisotopic (exact) mass is 277 g/mol. The molecule has 0 saturated heterocycles. The molecule has 2 aromatic rings. The van der Waals surface area contributed by atoms with Crippen LogP contribution in [-0.2, 0) is 6.54 Å². The molecule has 0 aliphatic rings. The molecule has 0 radical (unpaired) electrons. The first-order chi connectivity index (χ1) is 9.17. The van der Waals surface area contributed by atoms with E-state index in [4.69, 9.17) is 11.6 Å². The molecule has 0 aliphatic carbocycles. The molecule has 1 aromatic heterocycles. The van der Waals surface area contributed by atoms with Gasteiger partial charge in [-0.2, -0.15) is 15.0 Å². The van der Waals surface area contributed by atoms with Crippen molar-refractivity contribution in [2.45, 2.75) is 20.4 Å². The quantitative estimate of drug-likeness (QED) is 0.880. The van der Waals surface area contributed by atoms with Gasteiger partial charge in [-0.3, -0.25) is 0 Å². The number of hydrogen-bond acceptors (Lipinski definition) is 5. The average molecular weight is 278 g/mol. The van der Waals surface area contributed by atoms with Gasteiger partial charge in [-0.1, -0.05) is 29.8 Å². The van der Waals surface area contributed by atoms with Crippen molar-refractivity contribution in [3.63, 3.8) is 0 Å². The molecule has 0 saturated carbocycles. The fourth-order valence-corrected chi connectivity index (χ4v) is 1.83. The molecular weight excluding hydrogens is 262 g/mol. The molecule has 0 amide bonds. The van der Waals surface area contributed by atoms with E-state index in [1.54, 1.807) is 0 Å². The summed E-state index contributed by atoms with van der Waals surface area (Å²) in [6, 6.07) is 8.25. The lowest BCUT2D eigenvalue weighted by molar-refractivity contribution is 0.987. The van der Waals surface area contributed by atoms with Gasteiger partial charge in [-0.25, -0.2) is 0 Å². The topological polar surface area (TPSA) is 62.7 Å². The minimum atomic E-state index is 0.178. The minimum absolute atomic E-state index is 0.178. The zero-order valence-electron chi connectivity index (χ0n) is 10.9. The standard InChI is InChI=1S/C13H16ClN5/c1-3-15-12-17-11(14)18-13(19-12)16-8-10-6-4-5-9(2)7-10/h4-7H,3,8H2,1-2H3,(H2,15,16,17,18,19). The van der Waals surface area contributed by atoms with Crippen LogP contribution in [0.25, 0.3) is 0 Å². The van der Waals surface area contributed by atoms with Crippen LogP contribution in [0, 0.1) is 6.92 Å². The maximum Gasteiger partial charge on any atom is 0.229 e. The number of halogens is 1. The molecule has 0 unspecified atom stereocenters. The normalized spacial score (nSPS) is 10.3. The van der Waals surface area contributed by atoms with E-state index < -0.39 is 0 Å². The van der Waals surface area contributed by atoms with Crippen molar-refractivity contribution in [1.82, 2.24) is 15.0 Å². The summed E-state index contributed by atoms with van der Waals surface area (Å²) in [5, 5.41) is 6.33. The molecular formula is C13H16ClN5. The van der Waals surface area contributed by atoms with Crippen molar-refractivity contribution >= 4 is 23.5 Å². The number of hydrogen-bond donors (Lipinski definition) is 2. The number of aromatic nitrogens is 3. The van der Waals surface area contributed by atoms with Gasteiger partial charge in [0.2, 0.25) is 17.2 Å². The van der Waals surface area contributed by atoms with E-state index in [-0.39, 0.29) is 5.28 Å². The maximum absolute atomic E-state index is 5.85. The highest BCUT2D eigenvalue weighted by Crippen LogP contribution is 2.11. The third-order valence-electron chi connectivity index (χ3n) is 2.48. The Morgan fingerprint density at radius 2 is 1.84 bits per heavy atom. The van der Waals surface area contributed by atoms with Crippen molar-refractivity contribution in [2.75, 3.05) is 17.2 Å². The first-order valence-corrected chi connectivity index (χ1v) is 6.50. The second kappa shape index (κ2) is 6.33. The Morgan fingerprint density at radius 3 is 2.53 bits per heavy atom. The highest BCUT2D eigenvalue weighted by atomic mass is 35.5. The third kappa shape index (κ3) is 4.06. The van der Waals surface area contributed by atoms with Crippen LogP contribution in [0.3, 0.4) is 0 Å². The number of nitrogens with zero attached hydrogens (tertiary/aromatic N) is 3. The molecule has 100 valence electrons. The SMILES string of the molecule is CCNc1nc(Cl)nc(NCc2cccc(C)c2)n1. The number of aryl methyl sites for hydroxylation is 1. The summed E-state index contributed by atoms with van der Waals surface area (Å²) in [5.41, 5.74) is 2.39. The van der Waals surface area contributed by atoms with Crippen LogP contribution in [0.15, 0.2) is 24.3 Å².